The molecular weight excluding hydrogens is 238 g/mol. The molecule has 4 nitrogen and oxygen atoms in total. The Morgan fingerprint density at radius 2 is 2.00 bits per heavy atom. The van der Waals surface area contributed by atoms with Crippen molar-refractivity contribution in [2.75, 3.05) is 7.05 Å². The van der Waals surface area contributed by atoms with E-state index in [2.05, 4.69) is 23.8 Å². The number of rotatable bonds is 5. The Morgan fingerprint density at radius 1 is 1.26 bits per heavy atom. The molecule has 0 saturated heterocycles. The summed E-state index contributed by atoms with van der Waals surface area (Å²) in [4.78, 5) is 0. The Balaban J connectivity index is 2.38. The van der Waals surface area contributed by atoms with E-state index in [4.69, 9.17) is 5.10 Å². The van der Waals surface area contributed by atoms with Gasteiger partial charge in [0.1, 0.15) is 0 Å². The number of hydrogen-bond acceptors (Lipinski definition) is 3. The predicted octanol–water partition coefficient (Wildman–Crippen LogP) is 2.20. The summed E-state index contributed by atoms with van der Waals surface area (Å²) in [5, 5.41) is 18.3. The van der Waals surface area contributed by atoms with Crippen LogP contribution in [-0.4, -0.2) is 28.0 Å². The molecule has 1 aliphatic rings. The standard InChI is InChI=1S/C15H27N3O/c1-4-12-11(10-16-3)13(5-2)18(17-12)14-8-6-7-9-15(14)19/h14-16,19H,4-10H2,1-3H3. The van der Waals surface area contributed by atoms with E-state index in [1.54, 1.807) is 0 Å². The van der Waals surface area contributed by atoms with Crippen molar-refractivity contribution in [3.8, 4) is 0 Å². The molecule has 1 fully saturated rings. The topological polar surface area (TPSA) is 50.1 Å². The van der Waals surface area contributed by atoms with E-state index >= 15 is 0 Å². The van der Waals surface area contributed by atoms with Crippen LogP contribution in [0.1, 0.15) is 62.5 Å². The molecule has 0 spiro atoms. The lowest BCUT2D eigenvalue weighted by Crippen LogP contribution is -2.29. The maximum Gasteiger partial charge on any atom is 0.0781 e. The van der Waals surface area contributed by atoms with Crippen molar-refractivity contribution in [2.45, 2.75) is 71.1 Å². The Morgan fingerprint density at radius 3 is 2.58 bits per heavy atom. The van der Waals surface area contributed by atoms with Crippen LogP contribution in [-0.2, 0) is 19.4 Å². The van der Waals surface area contributed by atoms with E-state index in [9.17, 15) is 5.11 Å². The minimum atomic E-state index is -0.230. The summed E-state index contributed by atoms with van der Waals surface area (Å²) >= 11 is 0. The summed E-state index contributed by atoms with van der Waals surface area (Å²) in [5.41, 5.74) is 3.83. The van der Waals surface area contributed by atoms with Crippen LogP contribution in [0.3, 0.4) is 0 Å². The second kappa shape index (κ2) is 6.53. The van der Waals surface area contributed by atoms with Crippen LogP contribution >= 0.6 is 0 Å². The van der Waals surface area contributed by atoms with Crippen LogP contribution in [0.15, 0.2) is 0 Å². The maximum absolute atomic E-state index is 10.3. The van der Waals surface area contributed by atoms with Gasteiger partial charge in [-0.15, -0.1) is 0 Å². The molecule has 2 N–H and O–H groups in total. The lowest BCUT2D eigenvalue weighted by atomic mass is 9.92. The summed E-state index contributed by atoms with van der Waals surface area (Å²) in [6.07, 6.45) is 6.02. The van der Waals surface area contributed by atoms with Crippen LogP contribution in [0.5, 0.6) is 0 Å². The number of aliphatic hydroxyl groups is 1. The molecule has 0 bridgehead atoms. The predicted molar refractivity (Wildman–Crippen MR) is 77.3 cm³/mol. The molecule has 1 saturated carbocycles. The molecule has 0 amide bonds. The minimum absolute atomic E-state index is 0.180. The quantitative estimate of drug-likeness (QED) is 0.858. The molecule has 4 heteroatoms. The van der Waals surface area contributed by atoms with E-state index in [1.165, 1.54) is 23.4 Å². The molecule has 2 atom stereocenters. The van der Waals surface area contributed by atoms with Crippen molar-refractivity contribution in [2.24, 2.45) is 0 Å². The number of aryl methyl sites for hydroxylation is 1. The highest BCUT2D eigenvalue weighted by atomic mass is 16.3. The molecule has 0 radical (unpaired) electrons. The van der Waals surface area contributed by atoms with E-state index in [0.717, 1.165) is 38.6 Å². The third-order valence-electron chi connectivity index (χ3n) is 4.23. The van der Waals surface area contributed by atoms with Gasteiger partial charge in [-0.2, -0.15) is 5.10 Å². The lowest BCUT2D eigenvalue weighted by Gasteiger charge is -2.29. The first kappa shape index (κ1) is 14.5. The Labute approximate surface area is 116 Å². The van der Waals surface area contributed by atoms with E-state index in [1.807, 2.05) is 7.05 Å². The number of nitrogens with zero attached hydrogens (tertiary/aromatic N) is 2. The molecule has 1 aromatic rings. The van der Waals surface area contributed by atoms with Gasteiger partial charge in [-0.3, -0.25) is 4.68 Å². The average molecular weight is 265 g/mol. The SMILES string of the molecule is CCc1nn(C2CCCCC2O)c(CC)c1CNC. The van der Waals surface area contributed by atoms with Gasteiger partial charge in [0.15, 0.2) is 0 Å². The van der Waals surface area contributed by atoms with Gasteiger partial charge in [-0.05, 0) is 32.7 Å². The Hall–Kier alpha value is -0.870. The van der Waals surface area contributed by atoms with Crippen molar-refractivity contribution in [1.29, 1.82) is 0 Å². The summed E-state index contributed by atoms with van der Waals surface area (Å²) in [6.45, 7) is 5.21. The summed E-state index contributed by atoms with van der Waals surface area (Å²) < 4.78 is 2.13. The van der Waals surface area contributed by atoms with Crippen LogP contribution in [0.4, 0.5) is 0 Å². The second-order valence-corrected chi connectivity index (χ2v) is 5.47. The van der Waals surface area contributed by atoms with Gasteiger partial charge in [0.2, 0.25) is 0 Å². The number of aromatic nitrogens is 2. The van der Waals surface area contributed by atoms with Gasteiger partial charge in [0.25, 0.3) is 0 Å². The highest BCUT2D eigenvalue weighted by Crippen LogP contribution is 2.31. The van der Waals surface area contributed by atoms with E-state index in [-0.39, 0.29) is 12.1 Å². The number of hydrogen-bond donors (Lipinski definition) is 2. The zero-order valence-electron chi connectivity index (χ0n) is 12.4. The monoisotopic (exact) mass is 265 g/mol. The molecule has 2 unspecified atom stereocenters. The first-order valence-corrected chi connectivity index (χ1v) is 7.64. The average Bonchev–Trinajstić information content (AvgIpc) is 2.77. The number of nitrogens with one attached hydrogen (secondary N) is 1. The molecule has 0 aromatic carbocycles. The van der Waals surface area contributed by atoms with Crippen LogP contribution in [0.25, 0.3) is 0 Å². The molecular formula is C15H27N3O. The van der Waals surface area contributed by atoms with E-state index < -0.39 is 0 Å². The van der Waals surface area contributed by atoms with Gasteiger partial charge >= 0.3 is 0 Å². The summed E-state index contributed by atoms with van der Waals surface area (Å²) in [5.74, 6) is 0. The maximum atomic E-state index is 10.3. The first-order chi connectivity index (χ1) is 9.22. The molecule has 1 aliphatic carbocycles. The van der Waals surface area contributed by atoms with Gasteiger partial charge in [0, 0.05) is 17.8 Å². The van der Waals surface area contributed by atoms with Crippen molar-refractivity contribution in [3.63, 3.8) is 0 Å². The van der Waals surface area contributed by atoms with Gasteiger partial charge in [-0.1, -0.05) is 26.7 Å². The minimum Gasteiger partial charge on any atom is -0.391 e. The van der Waals surface area contributed by atoms with Crippen molar-refractivity contribution in [1.82, 2.24) is 15.1 Å². The molecule has 1 heterocycles. The van der Waals surface area contributed by atoms with Gasteiger partial charge < -0.3 is 10.4 Å². The van der Waals surface area contributed by atoms with E-state index in [0.29, 0.717) is 0 Å². The summed E-state index contributed by atoms with van der Waals surface area (Å²) in [6, 6.07) is 0.180. The van der Waals surface area contributed by atoms with Crippen molar-refractivity contribution in [3.05, 3.63) is 17.0 Å². The van der Waals surface area contributed by atoms with Gasteiger partial charge in [-0.25, -0.2) is 0 Å². The molecule has 1 aromatic heterocycles. The van der Waals surface area contributed by atoms with Crippen LogP contribution < -0.4 is 5.32 Å². The normalized spacial score (nSPS) is 23.8. The molecule has 0 aliphatic heterocycles. The molecule has 108 valence electrons. The Bertz CT molecular complexity index is 414. The van der Waals surface area contributed by atoms with Crippen LogP contribution in [0.2, 0.25) is 0 Å². The molecule has 2 rings (SSSR count). The highest BCUT2D eigenvalue weighted by molar-refractivity contribution is 5.27. The second-order valence-electron chi connectivity index (χ2n) is 5.47. The molecule has 19 heavy (non-hydrogen) atoms. The third kappa shape index (κ3) is 2.84. The van der Waals surface area contributed by atoms with Crippen molar-refractivity contribution < 1.29 is 5.11 Å². The fourth-order valence-corrected chi connectivity index (χ4v) is 3.25. The van der Waals surface area contributed by atoms with Gasteiger partial charge in [0.05, 0.1) is 17.8 Å². The fourth-order valence-electron chi connectivity index (χ4n) is 3.25. The summed E-state index contributed by atoms with van der Waals surface area (Å²) in [7, 11) is 1.98. The first-order valence-electron chi connectivity index (χ1n) is 7.64. The smallest absolute Gasteiger partial charge is 0.0781 e. The lowest BCUT2D eigenvalue weighted by molar-refractivity contribution is 0.0678. The third-order valence-corrected chi connectivity index (χ3v) is 4.23. The largest absolute Gasteiger partial charge is 0.391 e. The zero-order chi connectivity index (χ0) is 13.8. The highest BCUT2D eigenvalue weighted by Gasteiger charge is 2.28. The number of aliphatic hydroxyl groups excluding tert-OH is 1. The Kier molecular flexibility index (Phi) is 4.99. The van der Waals surface area contributed by atoms with Crippen LogP contribution in [0, 0.1) is 0 Å². The fraction of sp³-hybridized carbons (Fsp3) is 0.800. The van der Waals surface area contributed by atoms with Crippen molar-refractivity contribution >= 4 is 0 Å². The zero-order valence-corrected chi connectivity index (χ0v) is 12.4.